The average molecular weight is 198 g/mol. The predicted octanol–water partition coefficient (Wildman–Crippen LogP) is 3.47. The Morgan fingerprint density at radius 3 is 2.43 bits per heavy atom. The Morgan fingerprint density at radius 1 is 1.14 bits per heavy atom. The first-order valence-corrected chi connectivity index (χ1v) is 5.61. The first-order valence-electron chi connectivity index (χ1n) is 5.61. The van der Waals surface area contributed by atoms with Gasteiger partial charge in [0.2, 0.25) is 0 Å². The van der Waals surface area contributed by atoms with E-state index in [9.17, 15) is 4.79 Å². The zero-order valence-corrected chi connectivity index (χ0v) is 9.42. The van der Waals surface area contributed by atoms with Crippen LogP contribution in [0.15, 0.2) is 11.8 Å². The second-order valence-corrected chi connectivity index (χ2v) is 3.43. The van der Waals surface area contributed by atoms with Crippen LogP contribution in [0.1, 0.15) is 52.4 Å². The Kier molecular flexibility index (Phi) is 9.71. The minimum atomic E-state index is 0.632. The predicted molar refractivity (Wildman–Crippen MR) is 59.1 cm³/mol. The number of ether oxygens (including phenoxy) is 1. The van der Waals surface area contributed by atoms with Gasteiger partial charge >= 0.3 is 0 Å². The third-order valence-electron chi connectivity index (χ3n) is 2.12. The van der Waals surface area contributed by atoms with Gasteiger partial charge in [0.1, 0.15) is 6.29 Å². The summed E-state index contributed by atoms with van der Waals surface area (Å²) in [6, 6.07) is 0. The molecule has 0 N–H and O–H groups in total. The fourth-order valence-electron chi connectivity index (χ4n) is 1.27. The molecule has 0 amide bonds. The van der Waals surface area contributed by atoms with Gasteiger partial charge in [-0.3, -0.25) is 4.79 Å². The number of allylic oxidation sites excluding steroid dienone is 1. The summed E-state index contributed by atoms with van der Waals surface area (Å²) in [6.07, 6.45) is 9.48. The molecule has 0 fully saturated rings. The molecule has 0 aliphatic carbocycles. The number of carbonyl (C=O) groups excluding carboxylic acids is 1. The lowest BCUT2D eigenvalue weighted by Crippen LogP contribution is -1.89. The summed E-state index contributed by atoms with van der Waals surface area (Å²) in [6.45, 7) is 4.75. The third-order valence-corrected chi connectivity index (χ3v) is 2.12. The standard InChI is InChI=1S/C12H22O2/c1-3-5-6-7-8-9-12(10-13)11-14-4-2/h10-11H,3-9H2,1-2H3. The van der Waals surface area contributed by atoms with Crippen molar-refractivity contribution in [3.05, 3.63) is 11.8 Å². The van der Waals surface area contributed by atoms with Crippen molar-refractivity contribution in [3.8, 4) is 0 Å². The molecule has 0 spiro atoms. The Labute approximate surface area is 87.3 Å². The van der Waals surface area contributed by atoms with Crippen LogP contribution in [0, 0.1) is 0 Å². The van der Waals surface area contributed by atoms with E-state index in [2.05, 4.69) is 6.92 Å². The summed E-state index contributed by atoms with van der Waals surface area (Å²) in [5, 5.41) is 0. The summed E-state index contributed by atoms with van der Waals surface area (Å²) < 4.78 is 5.07. The molecular formula is C12H22O2. The largest absolute Gasteiger partial charge is 0.501 e. The van der Waals surface area contributed by atoms with Crippen molar-refractivity contribution in [3.63, 3.8) is 0 Å². The van der Waals surface area contributed by atoms with Gasteiger partial charge in [-0.05, 0) is 19.8 Å². The minimum absolute atomic E-state index is 0.632. The molecule has 0 heterocycles. The van der Waals surface area contributed by atoms with Crippen LogP contribution in [0.25, 0.3) is 0 Å². The van der Waals surface area contributed by atoms with E-state index in [1.54, 1.807) is 6.26 Å². The fraction of sp³-hybridized carbons (Fsp3) is 0.750. The average Bonchev–Trinajstić information content (AvgIpc) is 2.22. The Balaban J connectivity index is 3.47. The van der Waals surface area contributed by atoms with Crippen LogP contribution in [-0.2, 0) is 9.53 Å². The number of unbranched alkanes of at least 4 members (excludes halogenated alkanes) is 4. The highest BCUT2D eigenvalue weighted by Crippen LogP contribution is 2.09. The summed E-state index contributed by atoms with van der Waals surface area (Å²) in [7, 11) is 0. The maximum absolute atomic E-state index is 10.6. The van der Waals surface area contributed by atoms with E-state index in [1.807, 2.05) is 6.92 Å². The molecule has 0 saturated carbocycles. The van der Waals surface area contributed by atoms with E-state index in [-0.39, 0.29) is 0 Å². The summed E-state index contributed by atoms with van der Waals surface area (Å²) in [5.41, 5.74) is 0.781. The lowest BCUT2D eigenvalue weighted by atomic mass is 10.1. The van der Waals surface area contributed by atoms with Crippen LogP contribution in [0.5, 0.6) is 0 Å². The molecular weight excluding hydrogens is 176 g/mol. The number of aldehydes is 1. The van der Waals surface area contributed by atoms with E-state index in [0.29, 0.717) is 6.61 Å². The van der Waals surface area contributed by atoms with Gasteiger partial charge in [0.05, 0.1) is 12.9 Å². The SMILES string of the molecule is CCCCCCCC(C=O)=COCC. The van der Waals surface area contributed by atoms with E-state index >= 15 is 0 Å². The molecule has 2 heteroatoms. The number of rotatable bonds is 9. The molecule has 0 atom stereocenters. The zero-order chi connectivity index (χ0) is 10.6. The van der Waals surface area contributed by atoms with Gasteiger partial charge in [0.15, 0.2) is 0 Å². The minimum Gasteiger partial charge on any atom is -0.501 e. The van der Waals surface area contributed by atoms with Gasteiger partial charge in [-0.15, -0.1) is 0 Å². The molecule has 0 aliphatic heterocycles. The van der Waals surface area contributed by atoms with E-state index in [0.717, 1.165) is 24.7 Å². The topological polar surface area (TPSA) is 26.3 Å². The number of hydrogen-bond acceptors (Lipinski definition) is 2. The number of hydrogen-bond donors (Lipinski definition) is 0. The van der Waals surface area contributed by atoms with Crippen molar-refractivity contribution in [2.45, 2.75) is 52.4 Å². The van der Waals surface area contributed by atoms with Gasteiger partial charge in [0, 0.05) is 5.57 Å². The van der Waals surface area contributed by atoms with Gasteiger partial charge in [-0.1, -0.05) is 32.6 Å². The van der Waals surface area contributed by atoms with Gasteiger partial charge in [-0.2, -0.15) is 0 Å². The normalized spacial score (nSPS) is 11.4. The molecule has 2 nitrogen and oxygen atoms in total. The first kappa shape index (κ1) is 13.2. The molecule has 82 valence electrons. The van der Waals surface area contributed by atoms with Crippen molar-refractivity contribution < 1.29 is 9.53 Å². The first-order chi connectivity index (χ1) is 6.85. The summed E-state index contributed by atoms with van der Waals surface area (Å²) >= 11 is 0. The van der Waals surface area contributed by atoms with Gasteiger partial charge in [0.25, 0.3) is 0 Å². The van der Waals surface area contributed by atoms with E-state index in [1.165, 1.54) is 25.7 Å². The van der Waals surface area contributed by atoms with Crippen LogP contribution >= 0.6 is 0 Å². The molecule has 0 bridgehead atoms. The number of carbonyl (C=O) groups is 1. The summed E-state index contributed by atoms with van der Waals surface area (Å²) in [5.74, 6) is 0. The fourth-order valence-corrected chi connectivity index (χ4v) is 1.27. The second-order valence-electron chi connectivity index (χ2n) is 3.43. The van der Waals surface area contributed by atoms with Crippen LogP contribution in [0.4, 0.5) is 0 Å². The highest BCUT2D eigenvalue weighted by molar-refractivity contribution is 5.72. The van der Waals surface area contributed by atoms with E-state index in [4.69, 9.17) is 4.74 Å². The maximum Gasteiger partial charge on any atom is 0.149 e. The summed E-state index contributed by atoms with van der Waals surface area (Å²) in [4.78, 5) is 10.6. The second kappa shape index (κ2) is 10.3. The lowest BCUT2D eigenvalue weighted by Gasteiger charge is -2.01. The van der Waals surface area contributed by atoms with Crippen molar-refractivity contribution in [2.75, 3.05) is 6.61 Å². The van der Waals surface area contributed by atoms with Crippen molar-refractivity contribution in [1.29, 1.82) is 0 Å². The third kappa shape index (κ3) is 7.84. The molecule has 0 radical (unpaired) electrons. The van der Waals surface area contributed by atoms with Crippen LogP contribution in [0.3, 0.4) is 0 Å². The van der Waals surface area contributed by atoms with Gasteiger partial charge in [-0.25, -0.2) is 0 Å². The van der Waals surface area contributed by atoms with Crippen molar-refractivity contribution in [1.82, 2.24) is 0 Å². The molecule has 14 heavy (non-hydrogen) atoms. The monoisotopic (exact) mass is 198 g/mol. The zero-order valence-electron chi connectivity index (χ0n) is 9.42. The smallest absolute Gasteiger partial charge is 0.149 e. The Morgan fingerprint density at radius 2 is 1.86 bits per heavy atom. The van der Waals surface area contributed by atoms with Crippen LogP contribution in [0.2, 0.25) is 0 Å². The molecule has 0 aromatic heterocycles. The molecule has 0 aromatic rings. The van der Waals surface area contributed by atoms with Crippen molar-refractivity contribution >= 4 is 6.29 Å². The quantitative estimate of drug-likeness (QED) is 0.245. The van der Waals surface area contributed by atoms with Crippen molar-refractivity contribution in [2.24, 2.45) is 0 Å². The highest BCUT2D eigenvalue weighted by atomic mass is 16.5. The van der Waals surface area contributed by atoms with Gasteiger partial charge < -0.3 is 4.74 Å². The highest BCUT2D eigenvalue weighted by Gasteiger charge is 1.96. The Bertz CT molecular complexity index is 162. The maximum atomic E-state index is 10.6. The molecule has 0 aromatic carbocycles. The molecule has 0 unspecified atom stereocenters. The molecule has 0 rings (SSSR count). The van der Waals surface area contributed by atoms with E-state index < -0.39 is 0 Å². The van der Waals surface area contributed by atoms with Crippen LogP contribution < -0.4 is 0 Å². The van der Waals surface area contributed by atoms with Crippen LogP contribution in [-0.4, -0.2) is 12.9 Å². The molecule has 0 aliphatic rings. The lowest BCUT2D eigenvalue weighted by molar-refractivity contribution is -0.105. The Hall–Kier alpha value is -0.790. The molecule has 0 saturated heterocycles.